The van der Waals surface area contributed by atoms with Crippen molar-refractivity contribution in [2.45, 2.75) is 26.4 Å². The minimum atomic E-state index is -0.255. The Kier molecular flexibility index (Phi) is 6.69. The summed E-state index contributed by atoms with van der Waals surface area (Å²) in [6, 6.07) is 5.30. The molecule has 0 radical (unpaired) electrons. The first-order chi connectivity index (χ1) is 11.0. The summed E-state index contributed by atoms with van der Waals surface area (Å²) < 4.78 is 10.7. The van der Waals surface area contributed by atoms with E-state index in [1.165, 1.54) is 0 Å². The second kappa shape index (κ2) is 8.52. The van der Waals surface area contributed by atoms with E-state index in [2.05, 4.69) is 5.32 Å². The summed E-state index contributed by atoms with van der Waals surface area (Å²) in [6.07, 6.45) is 0. The van der Waals surface area contributed by atoms with Gasteiger partial charge in [-0.05, 0) is 18.1 Å². The van der Waals surface area contributed by atoms with Crippen molar-refractivity contribution < 1.29 is 14.3 Å². The molecule has 1 unspecified atom stereocenters. The van der Waals surface area contributed by atoms with Crippen molar-refractivity contribution in [1.29, 1.82) is 0 Å². The van der Waals surface area contributed by atoms with E-state index in [1.807, 2.05) is 36.9 Å². The molecule has 23 heavy (non-hydrogen) atoms. The van der Waals surface area contributed by atoms with Gasteiger partial charge in [0.05, 0.1) is 26.4 Å². The van der Waals surface area contributed by atoms with E-state index in [1.54, 1.807) is 7.11 Å². The maximum atomic E-state index is 12.7. The van der Waals surface area contributed by atoms with Crippen LogP contribution in [0.3, 0.4) is 0 Å². The number of rotatable bonds is 6. The number of morpholine rings is 1. The summed E-state index contributed by atoms with van der Waals surface area (Å²) in [5.74, 6) is 1.03. The predicted octanol–water partition coefficient (Wildman–Crippen LogP) is 2.32. The van der Waals surface area contributed by atoms with E-state index in [9.17, 15) is 4.79 Å². The number of carbonyl (C=O) groups excluding carboxylic acids is 1. The zero-order chi connectivity index (χ0) is 16.8. The van der Waals surface area contributed by atoms with E-state index >= 15 is 0 Å². The van der Waals surface area contributed by atoms with Crippen molar-refractivity contribution in [3.63, 3.8) is 0 Å². The molecule has 6 heteroatoms. The van der Waals surface area contributed by atoms with Crippen LogP contribution >= 0.6 is 11.6 Å². The quantitative estimate of drug-likeness (QED) is 0.863. The molecule has 1 amide bonds. The Morgan fingerprint density at radius 1 is 1.39 bits per heavy atom. The SMILES string of the molecule is COc1cccc(Cl)c1CNC(C(=O)N1CCOCC1)C(C)C. The van der Waals surface area contributed by atoms with Crippen LogP contribution in [-0.2, 0) is 16.1 Å². The molecule has 0 aromatic heterocycles. The summed E-state index contributed by atoms with van der Waals surface area (Å²) in [5, 5.41) is 3.99. The monoisotopic (exact) mass is 340 g/mol. The first kappa shape index (κ1) is 18.0. The number of nitrogens with one attached hydrogen (secondary N) is 1. The summed E-state index contributed by atoms with van der Waals surface area (Å²) in [4.78, 5) is 14.6. The van der Waals surface area contributed by atoms with Crippen molar-refractivity contribution in [2.24, 2.45) is 5.92 Å². The number of ether oxygens (including phenoxy) is 2. The van der Waals surface area contributed by atoms with Crippen LogP contribution < -0.4 is 10.1 Å². The molecule has 1 aliphatic heterocycles. The van der Waals surface area contributed by atoms with Crippen LogP contribution in [0.15, 0.2) is 18.2 Å². The molecular formula is C17H25ClN2O3. The van der Waals surface area contributed by atoms with Crippen molar-refractivity contribution in [2.75, 3.05) is 33.4 Å². The smallest absolute Gasteiger partial charge is 0.240 e. The molecule has 0 aliphatic carbocycles. The van der Waals surface area contributed by atoms with Crippen LogP contribution in [-0.4, -0.2) is 50.3 Å². The molecule has 2 rings (SSSR count). The lowest BCUT2D eigenvalue weighted by atomic mass is 10.0. The first-order valence-corrected chi connectivity index (χ1v) is 8.33. The molecule has 1 atom stereocenters. The van der Waals surface area contributed by atoms with Gasteiger partial charge in [-0.15, -0.1) is 0 Å². The van der Waals surface area contributed by atoms with Crippen molar-refractivity contribution in [1.82, 2.24) is 10.2 Å². The largest absolute Gasteiger partial charge is 0.496 e. The van der Waals surface area contributed by atoms with E-state index in [0.717, 1.165) is 11.3 Å². The van der Waals surface area contributed by atoms with Gasteiger partial charge < -0.3 is 19.7 Å². The fourth-order valence-electron chi connectivity index (χ4n) is 2.70. The average Bonchev–Trinajstić information content (AvgIpc) is 2.56. The van der Waals surface area contributed by atoms with Crippen LogP contribution in [0.25, 0.3) is 0 Å². The number of amides is 1. The van der Waals surface area contributed by atoms with Crippen molar-refractivity contribution in [3.05, 3.63) is 28.8 Å². The Hall–Kier alpha value is -1.30. The summed E-state index contributed by atoms with van der Waals surface area (Å²) >= 11 is 6.27. The highest BCUT2D eigenvalue weighted by Gasteiger charge is 2.28. The minimum absolute atomic E-state index is 0.120. The van der Waals surface area contributed by atoms with Crippen molar-refractivity contribution in [3.8, 4) is 5.75 Å². The number of nitrogens with zero attached hydrogens (tertiary/aromatic N) is 1. The van der Waals surface area contributed by atoms with E-state index in [0.29, 0.717) is 37.9 Å². The number of halogens is 1. The van der Waals surface area contributed by atoms with Gasteiger partial charge in [0, 0.05) is 30.2 Å². The van der Waals surface area contributed by atoms with Crippen LogP contribution in [0.4, 0.5) is 0 Å². The van der Waals surface area contributed by atoms with Gasteiger partial charge in [-0.3, -0.25) is 4.79 Å². The van der Waals surface area contributed by atoms with Gasteiger partial charge in [0.1, 0.15) is 5.75 Å². The molecule has 1 aromatic rings. The third kappa shape index (κ3) is 4.59. The van der Waals surface area contributed by atoms with E-state index in [4.69, 9.17) is 21.1 Å². The van der Waals surface area contributed by atoms with Crippen LogP contribution in [0.2, 0.25) is 5.02 Å². The Labute approximate surface area is 142 Å². The maximum absolute atomic E-state index is 12.7. The Balaban J connectivity index is 2.07. The van der Waals surface area contributed by atoms with Gasteiger partial charge in [0.25, 0.3) is 0 Å². The van der Waals surface area contributed by atoms with Crippen molar-refractivity contribution >= 4 is 17.5 Å². The minimum Gasteiger partial charge on any atom is -0.496 e. The van der Waals surface area contributed by atoms with Crippen LogP contribution in [0.5, 0.6) is 5.75 Å². The Morgan fingerprint density at radius 3 is 2.70 bits per heavy atom. The van der Waals surface area contributed by atoms with Gasteiger partial charge in [0.15, 0.2) is 0 Å². The fraction of sp³-hybridized carbons (Fsp3) is 0.588. The number of carbonyl (C=O) groups is 1. The Morgan fingerprint density at radius 2 is 2.09 bits per heavy atom. The lowest BCUT2D eigenvalue weighted by Crippen LogP contribution is -2.52. The maximum Gasteiger partial charge on any atom is 0.240 e. The normalized spacial score (nSPS) is 16.5. The Bertz CT molecular complexity index is 531. The van der Waals surface area contributed by atoms with Gasteiger partial charge in [-0.25, -0.2) is 0 Å². The lowest BCUT2D eigenvalue weighted by molar-refractivity contribution is -0.138. The molecule has 1 N–H and O–H groups in total. The van der Waals surface area contributed by atoms with Gasteiger partial charge >= 0.3 is 0 Å². The topological polar surface area (TPSA) is 50.8 Å². The summed E-state index contributed by atoms with van der Waals surface area (Å²) in [5.41, 5.74) is 0.872. The second-order valence-electron chi connectivity index (χ2n) is 5.96. The molecule has 1 saturated heterocycles. The standard InChI is InChI=1S/C17H25ClN2O3/c1-12(2)16(17(21)20-7-9-23-10-8-20)19-11-13-14(18)5-4-6-15(13)22-3/h4-6,12,16,19H,7-11H2,1-3H3. The fourth-order valence-corrected chi connectivity index (χ4v) is 2.93. The highest BCUT2D eigenvalue weighted by Crippen LogP contribution is 2.26. The third-order valence-corrected chi connectivity index (χ3v) is 4.40. The summed E-state index contributed by atoms with van der Waals surface area (Å²) in [6.45, 7) is 7.09. The summed E-state index contributed by atoms with van der Waals surface area (Å²) in [7, 11) is 1.62. The molecule has 1 aliphatic rings. The van der Waals surface area contributed by atoms with Gasteiger partial charge in [0.2, 0.25) is 5.91 Å². The van der Waals surface area contributed by atoms with Gasteiger partial charge in [-0.2, -0.15) is 0 Å². The van der Waals surface area contributed by atoms with E-state index in [-0.39, 0.29) is 17.9 Å². The second-order valence-corrected chi connectivity index (χ2v) is 6.37. The molecule has 0 saturated carbocycles. The molecular weight excluding hydrogens is 316 g/mol. The van der Waals surface area contributed by atoms with Crippen LogP contribution in [0.1, 0.15) is 19.4 Å². The molecule has 0 bridgehead atoms. The molecule has 0 spiro atoms. The predicted molar refractivity (Wildman–Crippen MR) is 90.9 cm³/mol. The molecule has 5 nitrogen and oxygen atoms in total. The molecule has 1 heterocycles. The molecule has 1 aromatic carbocycles. The zero-order valence-corrected chi connectivity index (χ0v) is 14.7. The molecule has 1 fully saturated rings. The first-order valence-electron chi connectivity index (χ1n) is 7.96. The number of hydrogen-bond acceptors (Lipinski definition) is 4. The van der Waals surface area contributed by atoms with E-state index < -0.39 is 0 Å². The number of methoxy groups -OCH3 is 1. The van der Waals surface area contributed by atoms with Gasteiger partial charge in [-0.1, -0.05) is 31.5 Å². The zero-order valence-electron chi connectivity index (χ0n) is 14.0. The highest BCUT2D eigenvalue weighted by molar-refractivity contribution is 6.31. The third-order valence-electron chi connectivity index (χ3n) is 4.05. The lowest BCUT2D eigenvalue weighted by Gasteiger charge is -2.32. The number of benzene rings is 1. The number of hydrogen-bond donors (Lipinski definition) is 1. The molecule has 128 valence electrons. The average molecular weight is 341 g/mol. The van der Waals surface area contributed by atoms with Crippen LogP contribution in [0, 0.1) is 5.92 Å². The highest BCUT2D eigenvalue weighted by atomic mass is 35.5.